The number of nitrogens with zero attached hydrogens (tertiary/aromatic N) is 1. The Morgan fingerprint density at radius 1 is 1.33 bits per heavy atom. The highest BCUT2D eigenvalue weighted by molar-refractivity contribution is 5.97. The molecule has 96 valence electrons. The summed E-state index contributed by atoms with van der Waals surface area (Å²) in [6.45, 7) is 2.04. The minimum absolute atomic E-state index is 0.0582. The summed E-state index contributed by atoms with van der Waals surface area (Å²) in [5, 5.41) is 0. The summed E-state index contributed by atoms with van der Waals surface area (Å²) in [6.07, 6.45) is 5.84. The van der Waals surface area contributed by atoms with E-state index < -0.39 is 0 Å². The number of hydrogen-bond acceptors (Lipinski definition) is 4. The molecule has 18 heavy (non-hydrogen) atoms. The second kappa shape index (κ2) is 4.78. The molecule has 2 aliphatic heterocycles. The molecule has 3 heterocycles. The summed E-state index contributed by atoms with van der Waals surface area (Å²) in [6, 6.07) is 3.57. The van der Waals surface area contributed by atoms with Gasteiger partial charge in [0.25, 0.3) is 0 Å². The molecular weight excluding hydrogens is 230 g/mol. The number of carbonyl (C=O) groups excluding carboxylic acids is 1. The SMILES string of the molecule is O=C(c1ccncc1)C1CCOC2(CCOC2)C1. The maximum absolute atomic E-state index is 12.4. The first-order chi connectivity index (χ1) is 8.79. The Morgan fingerprint density at radius 2 is 2.17 bits per heavy atom. The Kier molecular flexibility index (Phi) is 3.14. The average molecular weight is 247 g/mol. The molecule has 1 spiro atoms. The zero-order valence-electron chi connectivity index (χ0n) is 10.3. The summed E-state index contributed by atoms with van der Waals surface area (Å²) >= 11 is 0. The molecule has 4 heteroatoms. The Labute approximate surface area is 106 Å². The first-order valence-corrected chi connectivity index (χ1v) is 6.45. The standard InChI is InChI=1S/C14H17NO3/c16-13(11-1-5-15-6-2-11)12-3-7-18-14(9-12)4-8-17-10-14/h1-2,5-6,12H,3-4,7-10H2. The van der Waals surface area contributed by atoms with Crippen molar-refractivity contribution in [2.45, 2.75) is 24.9 Å². The van der Waals surface area contributed by atoms with E-state index in [4.69, 9.17) is 9.47 Å². The molecule has 4 nitrogen and oxygen atoms in total. The fourth-order valence-electron chi connectivity index (χ4n) is 2.87. The molecule has 0 amide bonds. The van der Waals surface area contributed by atoms with E-state index in [2.05, 4.69) is 4.98 Å². The molecule has 0 saturated carbocycles. The van der Waals surface area contributed by atoms with Crippen LogP contribution in [0.5, 0.6) is 0 Å². The number of ether oxygens (including phenoxy) is 2. The van der Waals surface area contributed by atoms with Crippen molar-refractivity contribution in [3.8, 4) is 0 Å². The topological polar surface area (TPSA) is 48.4 Å². The van der Waals surface area contributed by atoms with Crippen LogP contribution < -0.4 is 0 Å². The monoisotopic (exact) mass is 247 g/mol. The van der Waals surface area contributed by atoms with E-state index in [1.165, 1.54) is 0 Å². The van der Waals surface area contributed by atoms with Crippen molar-refractivity contribution >= 4 is 5.78 Å². The Morgan fingerprint density at radius 3 is 2.89 bits per heavy atom. The fraction of sp³-hybridized carbons (Fsp3) is 0.571. The van der Waals surface area contributed by atoms with Gasteiger partial charge in [-0.25, -0.2) is 0 Å². The fourth-order valence-corrected chi connectivity index (χ4v) is 2.87. The summed E-state index contributed by atoms with van der Waals surface area (Å²) in [5.41, 5.74) is 0.553. The second-order valence-corrected chi connectivity index (χ2v) is 5.12. The minimum Gasteiger partial charge on any atom is -0.378 e. The number of pyridine rings is 1. The van der Waals surface area contributed by atoms with Gasteiger partial charge in [-0.3, -0.25) is 9.78 Å². The van der Waals surface area contributed by atoms with Gasteiger partial charge in [0.05, 0.1) is 12.2 Å². The van der Waals surface area contributed by atoms with Crippen LogP contribution in [0.2, 0.25) is 0 Å². The van der Waals surface area contributed by atoms with Crippen molar-refractivity contribution in [2.24, 2.45) is 5.92 Å². The van der Waals surface area contributed by atoms with Crippen molar-refractivity contribution in [2.75, 3.05) is 19.8 Å². The van der Waals surface area contributed by atoms with E-state index in [1.807, 2.05) is 0 Å². The highest BCUT2D eigenvalue weighted by Crippen LogP contribution is 2.36. The molecule has 0 aromatic carbocycles. The van der Waals surface area contributed by atoms with Crippen LogP contribution in [0.25, 0.3) is 0 Å². The lowest BCUT2D eigenvalue weighted by molar-refractivity contribution is -0.0920. The summed E-state index contributed by atoms with van der Waals surface area (Å²) in [7, 11) is 0. The van der Waals surface area contributed by atoms with Gasteiger partial charge in [-0.05, 0) is 25.0 Å². The summed E-state index contributed by atoms with van der Waals surface area (Å²) < 4.78 is 11.3. The molecule has 2 unspecified atom stereocenters. The normalized spacial score (nSPS) is 31.7. The van der Waals surface area contributed by atoms with Crippen LogP contribution in [0, 0.1) is 5.92 Å². The maximum Gasteiger partial charge on any atom is 0.166 e. The van der Waals surface area contributed by atoms with E-state index in [-0.39, 0.29) is 17.3 Å². The maximum atomic E-state index is 12.4. The Bertz CT molecular complexity index is 426. The predicted molar refractivity (Wildman–Crippen MR) is 65.4 cm³/mol. The van der Waals surface area contributed by atoms with E-state index in [0.717, 1.165) is 31.4 Å². The van der Waals surface area contributed by atoms with Gasteiger partial charge < -0.3 is 9.47 Å². The molecule has 0 aliphatic carbocycles. The number of rotatable bonds is 2. The third-order valence-corrected chi connectivity index (χ3v) is 3.90. The highest BCUT2D eigenvalue weighted by atomic mass is 16.6. The van der Waals surface area contributed by atoms with Crippen molar-refractivity contribution in [3.63, 3.8) is 0 Å². The molecule has 0 bridgehead atoms. The van der Waals surface area contributed by atoms with Gasteiger partial charge in [0, 0.05) is 43.5 Å². The van der Waals surface area contributed by atoms with Crippen LogP contribution in [0.1, 0.15) is 29.6 Å². The van der Waals surface area contributed by atoms with Gasteiger partial charge in [-0.1, -0.05) is 0 Å². The van der Waals surface area contributed by atoms with Crippen LogP contribution >= 0.6 is 0 Å². The summed E-state index contributed by atoms with van der Waals surface area (Å²) in [4.78, 5) is 16.4. The van der Waals surface area contributed by atoms with Gasteiger partial charge in [0.15, 0.2) is 5.78 Å². The van der Waals surface area contributed by atoms with Crippen molar-refractivity contribution < 1.29 is 14.3 Å². The van der Waals surface area contributed by atoms with Crippen LogP contribution in [0.3, 0.4) is 0 Å². The predicted octanol–water partition coefficient (Wildman–Crippen LogP) is 1.85. The number of Topliss-reactive ketones (excluding diaryl/α,β-unsaturated/α-hetero) is 1. The molecule has 1 aromatic heterocycles. The third kappa shape index (κ3) is 2.18. The Hall–Kier alpha value is -1.26. The van der Waals surface area contributed by atoms with Crippen molar-refractivity contribution in [1.82, 2.24) is 4.98 Å². The van der Waals surface area contributed by atoms with E-state index in [1.54, 1.807) is 24.5 Å². The first kappa shape index (κ1) is 11.8. The lowest BCUT2D eigenvalue weighted by atomic mass is 9.81. The smallest absolute Gasteiger partial charge is 0.166 e. The van der Waals surface area contributed by atoms with Crippen LogP contribution in [0.15, 0.2) is 24.5 Å². The van der Waals surface area contributed by atoms with Crippen molar-refractivity contribution in [3.05, 3.63) is 30.1 Å². The number of ketones is 1. The van der Waals surface area contributed by atoms with E-state index >= 15 is 0 Å². The third-order valence-electron chi connectivity index (χ3n) is 3.90. The molecule has 2 saturated heterocycles. The molecule has 1 aromatic rings. The molecule has 3 rings (SSSR count). The van der Waals surface area contributed by atoms with Crippen LogP contribution in [-0.4, -0.2) is 36.2 Å². The minimum atomic E-state index is -0.203. The average Bonchev–Trinajstić information content (AvgIpc) is 2.87. The lowest BCUT2D eigenvalue weighted by Gasteiger charge is -2.36. The molecule has 0 radical (unpaired) electrons. The zero-order valence-corrected chi connectivity index (χ0v) is 10.3. The molecule has 2 aliphatic rings. The van der Waals surface area contributed by atoms with Crippen LogP contribution in [0.4, 0.5) is 0 Å². The zero-order chi connectivity index (χ0) is 12.4. The van der Waals surface area contributed by atoms with Gasteiger partial charge in [-0.2, -0.15) is 0 Å². The number of aromatic nitrogens is 1. The van der Waals surface area contributed by atoms with Crippen molar-refractivity contribution in [1.29, 1.82) is 0 Å². The molecular formula is C14H17NO3. The highest BCUT2D eigenvalue weighted by Gasteiger charge is 2.42. The van der Waals surface area contributed by atoms with Gasteiger partial charge >= 0.3 is 0 Å². The molecule has 0 N–H and O–H groups in total. The number of hydrogen-bond donors (Lipinski definition) is 0. The first-order valence-electron chi connectivity index (χ1n) is 6.45. The van der Waals surface area contributed by atoms with Gasteiger partial charge in [0.1, 0.15) is 0 Å². The quantitative estimate of drug-likeness (QED) is 0.748. The lowest BCUT2D eigenvalue weighted by Crippen LogP contribution is -2.42. The van der Waals surface area contributed by atoms with Gasteiger partial charge in [0.2, 0.25) is 0 Å². The van der Waals surface area contributed by atoms with Gasteiger partial charge in [-0.15, -0.1) is 0 Å². The van der Waals surface area contributed by atoms with E-state index in [9.17, 15) is 4.79 Å². The molecule has 2 atom stereocenters. The molecule has 2 fully saturated rings. The summed E-state index contributed by atoms with van der Waals surface area (Å²) in [5.74, 6) is 0.273. The number of carbonyl (C=O) groups is 1. The van der Waals surface area contributed by atoms with Crippen LogP contribution in [-0.2, 0) is 9.47 Å². The Balaban J connectivity index is 1.74. The largest absolute Gasteiger partial charge is 0.378 e. The second-order valence-electron chi connectivity index (χ2n) is 5.12. The van der Waals surface area contributed by atoms with E-state index in [0.29, 0.717) is 13.2 Å².